The maximum atomic E-state index is 14.1. The van der Waals surface area contributed by atoms with Crippen molar-refractivity contribution in [2.45, 2.75) is 30.7 Å². The number of fused-ring (bicyclic) bond motifs is 1. The van der Waals surface area contributed by atoms with Gasteiger partial charge in [-0.1, -0.05) is 72.8 Å². The molecule has 0 spiro atoms. The predicted octanol–water partition coefficient (Wildman–Crippen LogP) is 6.07. The molecule has 1 aliphatic heterocycles. The number of carbonyl (C=O) groups excluding carboxylic acids is 1. The monoisotopic (exact) mass is 506 g/mol. The molecular weight excluding hydrogens is 481 g/mol. The summed E-state index contributed by atoms with van der Waals surface area (Å²) in [7, 11) is 1.52. The van der Waals surface area contributed by atoms with E-state index in [2.05, 4.69) is 15.7 Å². The summed E-state index contributed by atoms with van der Waals surface area (Å²) in [5.41, 5.74) is 2.39. The fourth-order valence-corrected chi connectivity index (χ4v) is 4.64. The van der Waals surface area contributed by atoms with Gasteiger partial charge in [-0.2, -0.15) is 18.3 Å². The fourth-order valence-electron chi connectivity index (χ4n) is 4.64. The van der Waals surface area contributed by atoms with Crippen molar-refractivity contribution in [3.8, 4) is 5.75 Å². The van der Waals surface area contributed by atoms with E-state index in [1.165, 1.54) is 13.3 Å². The summed E-state index contributed by atoms with van der Waals surface area (Å²) in [5.74, 6) is 0.111. The Labute approximate surface area is 212 Å². The van der Waals surface area contributed by atoms with Crippen molar-refractivity contribution in [2.75, 3.05) is 12.4 Å². The van der Waals surface area contributed by atoms with Gasteiger partial charge in [-0.05, 0) is 28.8 Å². The van der Waals surface area contributed by atoms with Crippen LogP contribution < -0.4 is 15.4 Å². The lowest BCUT2D eigenvalue weighted by Crippen LogP contribution is -2.37. The van der Waals surface area contributed by atoms with Gasteiger partial charge in [-0.3, -0.25) is 4.79 Å². The Morgan fingerprint density at radius 1 is 1.00 bits per heavy atom. The molecule has 0 fully saturated rings. The van der Waals surface area contributed by atoms with Crippen LogP contribution in [0.25, 0.3) is 0 Å². The highest BCUT2D eigenvalue weighted by molar-refractivity contribution is 5.99. The van der Waals surface area contributed by atoms with Crippen molar-refractivity contribution < 1.29 is 22.7 Å². The average molecular weight is 507 g/mol. The number of benzene rings is 3. The Morgan fingerprint density at radius 3 is 2.14 bits per heavy atom. The topological polar surface area (TPSA) is 68.2 Å². The molecule has 1 aromatic heterocycles. The molecule has 5 rings (SSSR count). The zero-order valence-corrected chi connectivity index (χ0v) is 19.9. The number of nitrogens with one attached hydrogen (secondary N) is 2. The van der Waals surface area contributed by atoms with Gasteiger partial charge in [-0.15, -0.1) is 0 Å². The maximum absolute atomic E-state index is 14.1. The molecule has 2 N–H and O–H groups in total. The number of methoxy groups -OCH3 is 1. The molecule has 0 radical (unpaired) electrons. The van der Waals surface area contributed by atoms with Crippen molar-refractivity contribution >= 4 is 11.7 Å². The van der Waals surface area contributed by atoms with E-state index in [1.807, 2.05) is 60.7 Å². The first kappa shape index (κ1) is 24.4. The number of rotatable bonds is 6. The molecule has 0 bridgehead atoms. The lowest BCUT2D eigenvalue weighted by molar-refractivity contribution is -0.173. The van der Waals surface area contributed by atoms with Crippen LogP contribution in [0.15, 0.2) is 91.1 Å². The number of halogens is 3. The first-order valence-corrected chi connectivity index (χ1v) is 11.8. The molecule has 3 aromatic carbocycles. The average Bonchev–Trinajstić information content (AvgIpc) is 3.35. The van der Waals surface area contributed by atoms with Gasteiger partial charge in [0.2, 0.25) is 0 Å². The summed E-state index contributed by atoms with van der Waals surface area (Å²) in [6, 6.07) is 22.6. The van der Waals surface area contributed by atoms with E-state index in [-0.39, 0.29) is 17.8 Å². The van der Waals surface area contributed by atoms with Crippen molar-refractivity contribution in [3.05, 3.63) is 113 Å². The third-order valence-corrected chi connectivity index (χ3v) is 6.54. The van der Waals surface area contributed by atoms with Crippen LogP contribution in [0, 0.1) is 0 Å². The van der Waals surface area contributed by atoms with Gasteiger partial charge < -0.3 is 15.4 Å². The summed E-state index contributed by atoms with van der Waals surface area (Å²) >= 11 is 0. The molecule has 0 saturated heterocycles. The summed E-state index contributed by atoms with van der Waals surface area (Å²) in [4.78, 5) is 13.5. The lowest BCUT2D eigenvalue weighted by atomic mass is 9.96. The van der Waals surface area contributed by atoms with Crippen LogP contribution in [0.1, 0.15) is 51.6 Å². The number of alkyl halides is 3. The van der Waals surface area contributed by atoms with E-state index in [1.54, 1.807) is 24.3 Å². The third kappa shape index (κ3) is 5.02. The maximum Gasteiger partial charge on any atom is 0.410 e. The predicted molar refractivity (Wildman–Crippen MR) is 133 cm³/mol. The third-order valence-electron chi connectivity index (χ3n) is 6.54. The second-order valence-corrected chi connectivity index (χ2v) is 8.84. The van der Waals surface area contributed by atoms with Gasteiger partial charge in [0.15, 0.2) is 6.04 Å². The Morgan fingerprint density at radius 2 is 1.59 bits per heavy atom. The van der Waals surface area contributed by atoms with E-state index in [0.717, 1.165) is 15.8 Å². The standard InChI is InChI=1S/C28H25F3N4O2/c1-37-21-14-12-18(13-15-21)23-16-24(28(29,30)31)35-26(33-23)22(17-32-35)27(36)34-25(19-8-4-2-5-9-19)20-10-6-3-7-11-20/h2-15,17,23-25,33H,16H2,1H3,(H,34,36). The first-order chi connectivity index (χ1) is 17.8. The minimum Gasteiger partial charge on any atom is -0.497 e. The van der Waals surface area contributed by atoms with Crippen LogP contribution in [-0.4, -0.2) is 29.0 Å². The Hall–Kier alpha value is -4.27. The second kappa shape index (κ2) is 10.0. The molecule has 190 valence electrons. The first-order valence-electron chi connectivity index (χ1n) is 11.8. The van der Waals surface area contributed by atoms with Crippen molar-refractivity contribution in [3.63, 3.8) is 0 Å². The molecule has 6 nitrogen and oxygen atoms in total. The molecule has 9 heteroatoms. The quantitative estimate of drug-likeness (QED) is 0.333. The molecule has 1 amide bonds. The van der Waals surface area contributed by atoms with Crippen LogP contribution >= 0.6 is 0 Å². The van der Waals surface area contributed by atoms with E-state index in [0.29, 0.717) is 11.3 Å². The fraction of sp³-hybridized carbons (Fsp3) is 0.214. The Balaban J connectivity index is 1.49. The highest BCUT2D eigenvalue weighted by Gasteiger charge is 2.47. The molecule has 2 heterocycles. The molecule has 0 aliphatic carbocycles. The minimum absolute atomic E-state index is 0.0340. The van der Waals surface area contributed by atoms with Gasteiger partial charge in [-0.25, -0.2) is 4.68 Å². The highest BCUT2D eigenvalue weighted by Crippen LogP contribution is 2.44. The number of carbonyl (C=O) groups is 1. The van der Waals surface area contributed by atoms with Crippen LogP contribution in [-0.2, 0) is 0 Å². The van der Waals surface area contributed by atoms with Crippen LogP contribution in [0.4, 0.5) is 19.0 Å². The van der Waals surface area contributed by atoms with Gasteiger partial charge in [0, 0.05) is 6.42 Å². The number of aromatic nitrogens is 2. The van der Waals surface area contributed by atoms with E-state index in [4.69, 9.17) is 4.74 Å². The number of hydrogen-bond acceptors (Lipinski definition) is 4. The van der Waals surface area contributed by atoms with E-state index < -0.39 is 30.2 Å². The Kier molecular flexibility index (Phi) is 6.60. The number of hydrogen-bond donors (Lipinski definition) is 2. The molecule has 4 aromatic rings. The van der Waals surface area contributed by atoms with Crippen molar-refractivity contribution in [1.82, 2.24) is 15.1 Å². The highest BCUT2D eigenvalue weighted by atomic mass is 19.4. The van der Waals surface area contributed by atoms with Gasteiger partial charge in [0.25, 0.3) is 5.91 Å². The van der Waals surface area contributed by atoms with E-state index in [9.17, 15) is 18.0 Å². The number of nitrogens with zero attached hydrogens (tertiary/aromatic N) is 2. The largest absolute Gasteiger partial charge is 0.497 e. The number of anilines is 1. The zero-order chi connectivity index (χ0) is 26.0. The molecular formula is C28H25F3N4O2. The lowest BCUT2D eigenvalue weighted by Gasteiger charge is -2.34. The number of ether oxygens (including phenoxy) is 1. The second-order valence-electron chi connectivity index (χ2n) is 8.84. The van der Waals surface area contributed by atoms with Gasteiger partial charge >= 0.3 is 6.18 Å². The van der Waals surface area contributed by atoms with Crippen LogP contribution in [0.3, 0.4) is 0 Å². The summed E-state index contributed by atoms with van der Waals surface area (Å²) in [6.07, 6.45) is -3.61. The minimum atomic E-state index is -4.54. The van der Waals surface area contributed by atoms with Crippen molar-refractivity contribution in [2.24, 2.45) is 0 Å². The van der Waals surface area contributed by atoms with E-state index >= 15 is 0 Å². The van der Waals surface area contributed by atoms with Crippen LogP contribution in [0.5, 0.6) is 5.75 Å². The normalized spacial score (nSPS) is 17.1. The number of amides is 1. The van der Waals surface area contributed by atoms with Gasteiger partial charge in [0.1, 0.15) is 17.1 Å². The molecule has 2 unspecified atom stereocenters. The summed E-state index contributed by atoms with van der Waals surface area (Å²) in [5, 5.41) is 10.1. The molecule has 1 aliphatic rings. The molecule has 37 heavy (non-hydrogen) atoms. The molecule has 0 saturated carbocycles. The summed E-state index contributed by atoms with van der Waals surface area (Å²) in [6.45, 7) is 0. The van der Waals surface area contributed by atoms with Crippen LogP contribution in [0.2, 0.25) is 0 Å². The summed E-state index contributed by atoms with van der Waals surface area (Å²) < 4.78 is 48.3. The smallest absolute Gasteiger partial charge is 0.410 e. The van der Waals surface area contributed by atoms with Gasteiger partial charge in [0.05, 0.1) is 25.4 Å². The SMILES string of the molecule is COc1ccc(C2CC(C(F)(F)F)n3ncc(C(=O)NC(c4ccccc4)c4ccccc4)c3N2)cc1. The molecule has 2 atom stereocenters. The Bertz CT molecular complexity index is 1320. The zero-order valence-electron chi connectivity index (χ0n) is 19.9. The van der Waals surface area contributed by atoms with Crippen molar-refractivity contribution in [1.29, 1.82) is 0 Å².